The van der Waals surface area contributed by atoms with Crippen LogP contribution in [0.5, 0.6) is 11.5 Å². The summed E-state index contributed by atoms with van der Waals surface area (Å²) in [5.41, 5.74) is 8.65. The highest BCUT2D eigenvalue weighted by Crippen LogP contribution is 2.32. The molecule has 2 aromatic rings. The summed E-state index contributed by atoms with van der Waals surface area (Å²) >= 11 is 3.57. The Morgan fingerprint density at radius 2 is 2.14 bits per heavy atom. The number of nitrogens with two attached hydrogens (primary N) is 1. The number of aromatic nitrogens is 2. The molecule has 0 bridgehead atoms. The van der Waals surface area contributed by atoms with Gasteiger partial charge in [-0.05, 0) is 35.8 Å². The normalized spacial score (nSPS) is 10.7. The third kappa shape index (κ3) is 3.22. The van der Waals surface area contributed by atoms with Crippen LogP contribution in [0.25, 0.3) is 0 Å². The van der Waals surface area contributed by atoms with Crippen LogP contribution in [0.2, 0.25) is 0 Å². The standard InChI is InChI=1S/C15H20BrN3O2/c1-4-19-12(14(16)10(2)18-19)9-21-15-11(8-17)6-5-7-13(15)20-3/h5-7H,4,8-9,17H2,1-3H3. The van der Waals surface area contributed by atoms with Crippen LogP contribution >= 0.6 is 15.9 Å². The van der Waals surface area contributed by atoms with Crippen LogP contribution in [0.3, 0.4) is 0 Å². The predicted octanol–water partition coefficient (Wildman–Crippen LogP) is 3.02. The summed E-state index contributed by atoms with van der Waals surface area (Å²) in [4.78, 5) is 0. The van der Waals surface area contributed by atoms with Gasteiger partial charge in [-0.15, -0.1) is 0 Å². The monoisotopic (exact) mass is 353 g/mol. The zero-order valence-electron chi connectivity index (χ0n) is 12.5. The van der Waals surface area contributed by atoms with Gasteiger partial charge < -0.3 is 15.2 Å². The van der Waals surface area contributed by atoms with Gasteiger partial charge in [-0.3, -0.25) is 4.68 Å². The summed E-state index contributed by atoms with van der Waals surface area (Å²) < 4.78 is 14.2. The summed E-state index contributed by atoms with van der Waals surface area (Å²) in [6.45, 7) is 5.62. The van der Waals surface area contributed by atoms with E-state index in [1.807, 2.05) is 29.8 Å². The topological polar surface area (TPSA) is 62.3 Å². The van der Waals surface area contributed by atoms with Gasteiger partial charge in [0.15, 0.2) is 11.5 Å². The Labute approximate surface area is 133 Å². The molecule has 1 heterocycles. The smallest absolute Gasteiger partial charge is 0.166 e. The third-order valence-corrected chi connectivity index (χ3v) is 4.34. The molecule has 2 N–H and O–H groups in total. The van der Waals surface area contributed by atoms with Crippen LogP contribution in [0, 0.1) is 6.92 Å². The minimum absolute atomic E-state index is 0.403. The van der Waals surface area contributed by atoms with Crippen molar-refractivity contribution in [3.8, 4) is 11.5 Å². The Hall–Kier alpha value is -1.53. The van der Waals surface area contributed by atoms with Crippen LogP contribution in [0.4, 0.5) is 0 Å². The first-order valence-corrected chi connectivity index (χ1v) is 7.62. The molecule has 6 heteroatoms. The SMILES string of the molecule is CCn1nc(C)c(Br)c1COc1c(CN)cccc1OC. The molecule has 2 rings (SSSR count). The molecule has 1 aromatic carbocycles. The molecular formula is C15H20BrN3O2. The number of rotatable bonds is 6. The number of benzene rings is 1. The highest BCUT2D eigenvalue weighted by Gasteiger charge is 2.15. The van der Waals surface area contributed by atoms with Crippen LogP contribution in [-0.4, -0.2) is 16.9 Å². The molecule has 114 valence electrons. The van der Waals surface area contributed by atoms with E-state index in [0.29, 0.717) is 24.7 Å². The van der Waals surface area contributed by atoms with E-state index in [0.717, 1.165) is 28.0 Å². The van der Waals surface area contributed by atoms with E-state index in [2.05, 4.69) is 28.0 Å². The Morgan fingerprint density at radius 3 is 2.76 bits per heavy atom. The Balaban J connectivity index is 2.28. The lowest BCUT2D eigenvalue weighted by atomic mass is 10.2. The fourth-order valence-electron chi connectivity index (χ4n) is 2.19. The number of halogens is 1. The van der Waals surface area contributed by atoms with Crippen molar-refractivity contribution in [3.63, 3.8) is 0 Å². The second-order valence-corrected chi connectivity index (χ2v) is 5.40. The quantitative estimate of drug-likeness (QED) is 0.866. The van der Waals surface area contributed by atoms with Crippen molar-refractivity contribution in [2.24, 2.45) is 5.73 Å². The largest absolute Gasteiger partial charge is 0.493 e. The van der Waals surface area contributed by atoms with Gasteiger partial charge >= 0.3 is 0 Å². The van der Waals surface area contributed by atoms with Gasteiger partial charge in [-0.1, -0.05) is 12.1 Å². The zero-order valence-corrected chi connectivity index (χ0v) is 14.1. The Bertz CT molecular complexity index is 603. The van der Waals surface area contributed by atoms with E-state index < -0.39 is 0 Å². The van der Waals surface area contributed by atoms with Gasteiger partial charge in [0.2, 0.25) is 0 Å². The molecule has 0 aliphatic heterocycles. The second kappa shape index (κ2) is 6.95. The zero-order chi connectivity index (χ0) is 15.4. The predicted molar refractivity (Wildman–Crippen MR) is 85.6 cm³/mol. The van der Waals surface area contributed by atoms with Gasteiger partial charge in [0, 0.05) is 18.7 Å². The number of para-hydroxylation sites is 1. The first kappa shape index (κ1) is 15.9. The molecule has 0 radical (unpaired) electrons. The average Bonchev–Trinajstić information content (AvgIpc) is 2.79. The number of methoxy groups -OCH3 is 1. The highest BCUT2D eigenvalue weighted by molar-refractivity contribution is 9.10. The molecule has 0 spiro atoms. The summed E-state index contributed by atoms with van der Waals surface area (Å²) in [6.07, 6.45) is 0. The minimum Gasteiger partial charge on any atom is -0.493 e. The molecule has 0 atom stereocenters. The van der Waals surface area contributed by atoms with Gasteiger partial charge in [0.05, 0.1) is 23.0 Å². The summed E-state index contributed by atoms with van der Waals surface area (Å²) in [5, 5.41) is 4.46. The Kier molecular flexibility index (Phi) is 5.25. The fourth-order valence-corrected chi connectivity index (χ4v) is 2.59. The number of hydrogen-bond acceptors (Lipinski definition) is 4. The number of ether oxygens (including phenoxy) is 2. The third-order valence-electron chi connectivity index (χ3n) is 3.31. The molecule has 0 aliphatic carbocycles. The molecule has 0 unspecified atom stereocenters. The van der Waals surface area contributed by atoms with Crippen molar-refractivity contribution < 1.29 is 9.47 Å². The van der Waals surface area contributed by atoms with E-state index in [1.165, 1.54) is 0 Å². The van der Waals surface area contributed by atoms with Crippen LogP contribution in [-0.2, 0) is 19.7 Å². The lowest BCUT2D eigenvalue weighted by Gasteiger charge is -2.15. The van der Waals surface area contributed by atoms with E-state index in [9.17, 15) is 0 Å². The van der Waals surface area contributed by atoms with Crippen LogP contribution in [0.15, 0.2) is 22.7 Å². The van der Waals surface area contributed by atoms with Gasteiger partial charge in [0.25, 0.3) is 0 Å². The summed E-state index contributed by atoms with van der Waals surface area (Å²) in [7, 11) is 1.62. The molecular weight excluding hydrogens is 334 g/mol. The first-order chi connectivity index (χ1) is 10.1. The summed E-state index contributed by atoms with van der Waals surface area (Å²) in [6, 6.07) is 5.71. The average molecular weight is 354 g/mol. The van der Waals surface area contributed by atoms with E-state index in [-0.39, 0.29) is 0 Å². The number of nitrogens with zero attached hydrogens (tertiary/aromatic N) is 2. The number of aryl methyl sites for hydroxylation is 2. The van der Waals surface area contributed by atoms with Crippen molar-refractivity contribution >= 4 is 15.9 Å². The van der Waals surface area contributed by atoms with Gasteiger partial charge in [0.1, 0.15) is 6.61 Å². The van der Waals surface area contributed by atoms with E-state index in [1.54, 1.807) is 7.11 Å². The van der Waals surface area contributed by atoms with Crippen molar-refractivity contribution in [3.05, 3.63) is 39.6 Å². The maximum Gasteiger partial charge on any atom is 0.166 e. The van der Waals surface area contributed by atoms with Crippen molar-refractivity contribution in [1.82, 2.24) is 9.78 Å². The molecule has 1 aromatic heterocycles. The highest BCUT2D eigenvalue weighted by atomic mass is 79.9. The van der Waals surface area contributed by atoms with Crippen molar-refractivity contribution in [2.75, 3.05) is 7.11 Å². The molecule has 0 fully saturated rings. The first-order valence-electron chi connectivity index (χ1n) is 6.82. The van der Waals surface area contributed by atoms with Crippen molar-refractivity contribution in [1.29, 1.82) is 0 Å². The molecule has 0 aliphatic rings. The van der Waals surface area contributed by atoms with Crippen molar-refractivity contribution in [2.45, 2.75) is 33.5 Å². The molecule has 0 saturated carbocycles. The van der Waals surface area contributed by atoms with Crippen LogP contribution < -0.4 is 15.2 Å². The number of hydrogen-bond donors (Lipinski definition) is 1. The maximum atomic E-state index is 5.98. The molecule has 0 saturated heterocycles. The van der Waals surface area contributed by atoms with E-state index >= 15 is 0 Å². The lowest BCUT2D eigenvalue weighted by Crippen LogP contribution is -2.09. The summed E-state index contributed by atoms with van der Waals surface area (Å²) in [5.74, 6) is 1.38. The Morgan fingerprint density at radius 1 is 1.38 bits per heavy atom. The molecule has 5 nitrogen and oxygen atoms in total. The molecule has 21 heavy (non-hydrogen) atoms. The second-order valence-electron chi connectivity index (χ2n) is 4.60. The molecule has 0 amide bonds. The fraction of sp³-hybridized carbons (Fsp3) is 0.400. The van der Waals surface area contributed by atoms with Gasteiger partial charge in [-0.2, -0.15) is 5.10 Å². The van der Waals surface area contributed by atoms with Gasteiger partial charge in [-0.25, -0.2) is 0 Å². The minimum atomic E-state index is 0.403. The van der Waals surface area contributed by atoms with E-state index in [4.69, 9.17) is 15.2 Å². The maximum absolute atomic E-state index is 5.98. The lowest BCUT2D eigenvalue weighted by molar-refractivity contribution is 0.270. The van der Waals surface area contributed by atoms with Crippen LogP contribution in [0.1, 0.15) is 23.9 Å².